The maximum atomic E-state index is 12.4. The topological polar surface area (TPSA) is 73.9 Å². The summed E-state index contributed by atoms with van der Waals surface area (Å²) in [5.41, 5.74) is 3.69. The normalized spacial score (nSPS) is 13.1. The summed E-state index contributed by atoms with van der Waals surface area (Å²) in [6, 6.07) is 9.46. The van der Waals surface area contributed by atoms with Crippen LogP contribution in [0.3, 0.4) is 0 Å². The van der Waals surface area contributed by atoms with Gasteiger partial charge in [0.1, 0.15) is 5.69 Å². The molecule has 29 heavy (non-hydrogen) atoms. The van der Waals surface area contributed by atoms with Crippen LogP contribution < -0.4 is 30.4 Å². The van der Waals surface area contributed by atoms with Gasteiger partial charge in [-0.1, -0.05) is 18.2 Å². The van der Waals surface area contributed by atoms with Crippen molar-refractivity contribution in [2.75, 3.05) is 26.6 Å². The van der Waals surface area contributed by atoms with Crippen molar-refractivity contribution in [1.29, 1.82) is 0 Å². The van der Waals surface area contributed by atoms with E-state index in [1.54, 1.807) is 12.1 Å². The molecule has 6 nitrogen and oxygen atoms in total. The van der Waals surface area contributed by atoms with Crippen LogP contribution in [-0.4, -0.2) is 21.3 Å². The second-order valence-electron chi connectivity index (χ2n) is 7.14. The highest BCUT2D eigenvalue weighted by atomic mass is 16.5. The Morgan fingerprint density at radius 1 is 0.793 bits per heavy atom. The summed E-state index contributed by atoms with van der Waals surface area (Å²) in [5, 5.41) is 3.08. The number of fused-ring (bicyclic) bond motifs is 1. The fourth-order valence-corrected chi connectivity index (χ4v) is 3.97. The van der Waals surface area contributed by atoms with Gasteiger partial charge in [0.25, 0.3) is 5.43 Å². The molecule has 0 radical (unpaired) electrons. The predicted molar refractivity (Wildman–Crippen MR) is 113 cm³/mol. The molecule has 0 unspecified atom stereocenters. The van der Waals surface area contributed by atoms with E-state index in [4.69, 9.17) is 14.2 Å². The molecule has 0 aromatic heterocycles. The standard InChI is InChI=1S/C23H23NO5/c1-27-17-11-16(12-18(28-2)23(17)29-3)24-20-19(21(25)22(20)26)15-9-8-13-6-4-5-7-14(13)10-15/h8-12,24H,4-7H2,1-3H3. The SMILES string of the molecule is COc1cc(Nc2c(-c3ccc4c(c3)CCCC4)c(=O)c2=O)cc(OC)c1OC. The van der Waals surface area contributed by atoms with E-state index in [2.05, 4.69) is 11.4 Å². The van der Waals surface area contributed by atoms with Crippen LogP contribution in [0.25, 0.3) is 11.1 Å². The third-order valence-electron chi connectivity index (χ3n) is 5.48. The Kier molecular flexibility index (Phi) is 5.01. The molecule has 0 heterocycles. The highest BCUT2D eigenvalue weighted by molar-refractivity contribution is 5.85. The summed E-state index contributed by atoms with van der Waals surface area (Å²) in [6.45, 7) is 0. The monoisotopic (exact) mass is 393 g/mol. The number of anilines is 2. The van der Waals surface area contributed by atoms with Crippen LogP contribution in [0, 0.1) is 0 Å². The molecule has 6 heteroatoms. The van der Waals surface area contributed by atoms with Crippen molar-refractivity contribution in [3.63, 3.8) is 0 Å². The number of rotatable bonds is 6. The molecule has 0 spiro atoms. The van der Waals surface area contributed by atoms with E-state index in [0.717, 1.165) is 24.8 Å². The quantitative estimate of drug-likeness (QED) is 0.645. The minimum absolute atomic E-state index is 0.292. The molecule has 4 rings (SSSR count). The number of ether oxygens (including phenoxy) is 3. The molecule has 0 amide bonds. The van der Waals surface area contributed by atoms with Crippen molar-refractivity contribution < 1.29 is 14.2 Å². The molecule has 1 aliphatic rings. The Balaban J connectivity index is 1.73. The average molecular weight is 393 g/mol. The highest BCUT2D eigenvalue weighted by Crippen LogP contribution is 2.41. The van der Waals surface area contributed by atoms with Crippen molar-refractivity contribution in [1.82, 2.24) is 0 Å². The van der Waals surface area contributed by atoms with Crippen molar-refractivity contribution in [3.05, 3.63) is 61.9 Å². The number of methoxy groups -OCH3 is 3. The molecule has 3 aromatic rings. The van der Waals surface area contributed by atoms with Crippen molar-refractivity contribution >= 4 is 11.4 Å². The Bertz CT molecular complexity index is 1120. The van der Waals surface area contributed by atoms with Gasteiger partial charge in [-0.3, -0.25) is 9.59 Å². The first-order chi connectivity index (χ1) is 14.1. The molecule has 0 saturated heterocycles. The van der Waals surface area contributed by atoms with E-state index in [9.17, 15) is 9.59 Å². The molecule has 0 saturated carbocycles. The molecule has 0 atom stereocenters. The third kappa shape index (κ3) is 3.24. The lowest BCUT2D eigenvalue weighted by molar-refractivity contribution is 0.324. The predicted octanol–water partition coefficient (Wildman–Crippen LogP) is 3.60. The van der Waals surface area contributed by atoms with E-state index in [1.165, 1.54) is 38.9 Å². The van der Waals surface area contributed by atoms with Crippen LogP contribution in [0.5, 0.6) is 17.2 Å². The second-order valence-corrected chi connectivity index (χ2v) is 7.14. The van der Waals surface area contributed by atoms with Crippen LogP contribution in [0.1, 0.15) is 24.0 Å². The maximum absolute atomic E-state index is 12.4. The Morgan fingerprint density at radius 3 is 2.07 bits per heavy atom. The molecule has 0 fully saturated rings. The summed E-state index contributed by atoms with van der Waals surface area (Å²) in [7, 11) is 4.58. The molecular formula is C23H23NO5. The first kappa shape index (κ1) is 19.1. The van der Waals surface area contributed by atoms with Gasteiger partial charge >= 0.3 is 0 Å². The lowest BCUT2D eigenvalue weighted by Gasteiger charge is -2.19. The number of hydrogen-bond acceptors (Lipinski definition) is 6. The van der Waals surface area contributed by atoms with E-state index in [0.29, 0.717) is 34.2 Å². The van der Waals surface area contributed by atoms with Crippen LogP contribution in [0.15, 0.2) is 39.9 Å². The maximum Gasteiger partial charge on any atom is 0.250 e. The number of hydrogen-bond donors (Lipinski definition) is 1. The summed E-state index contributed by atoms with van der Waals surface area (Å²) in [6.07, 6.45) is 4.42. The van der Waals surface area contributed by atoms with Crippen molar-refractivity contribution in [2.45, 2.75) is 25.7 Å². The molecule has 3 aromatic carbocycles. The largest absolute Gasteiger partial charge is 0.493 e. The van der Waals surface area contributed by atoms with Gasteiger partial charge in [0.05, 0.1) is 26.9 Å². The smallest absolute Gasteiger partial charge is 0.250 e. The Hall–Kier alpha value is -3.28. The van der Waals surface area contributed by atoms with E-state index in [-0.39, 0.29) is 0 Å². The van der Waals surface area contributed by atoms with Gasteiger partial charge in [-0.2, -0.15) is 0 Å². The van der Waals surface area contributed by atoms with Crippen molar-refractivity contribution in [2.24, 2.45) is 0 Å². The van der Waals surface area contributed by atoms with Gasteiger partial charge in [-0.05, 0) is 42.4 Å². The fraction of sp³-hybridized carbons (Fsp3) is 0.304. The second kappa shape index (κ2) is 7.62. The van der Waals surface area contributed by atoms with Crippen LogP contribution in [0.4, 0.5) is 11.4 Å². The van der Waals surface area contributed by atoms with Gasteiger partial charge in [-0.15, -0.1) is 0 Å². The minimum atomic E-state index is -0.522. The highest BCUT2D eigenvalue weighted by Gasteiger charge is 2.24. The van der Waals surface area contributed by atoms with E-state index >= 15 is 0 Å². The molecule has 0 aliphatic heterocycles. The van der Waals surface area contributed by atoms with Crippen LogP contribution in [-0.2, 0) is 12.8 Å². The third-order valence-corrected chi connectivity index (χ3v) is 5.48. The zero-order valence-electron chi connectivity index (χ0n) is 16.8. The van der Waals surface area contributed by atoms with E-state index < -0.39 is 10.9 Å². The summed E-state index contributed by atoms with van der Waals surface area (Å²) in [4.78, 5) is 24.7. The van der Waals surface area contributed by atoms with Crippen LogP contribution >= 0.6 is 0 Å². The molecular weight excluding hydrogens is 370 g/mol. The Morgan fingerprint density at radius 2 is 1.45 bits per heavy atom. The fourth-order valence-electron chi connectivity index (χ4n) is 3.97. The first-order valence-corrected chi connectivity index (χ1v) is 9.60. The van der Waals surface area contributed by atoms with Gasteiger partial charge < -0.3 is 19.5 Å². The zero-order chi connectivity index (χ0) is 20.5. The molecule has 0 bridgehead atoms. The molecule has 1 aliphatic carbocycles. The van der Waals surface area contributed by atoms with Gasteiger partial charge in [0.15, 0.2) is 11.5 Å². The molecule has 150 valence electrons. The van der Waals surface area contributed by atoms with Gasteiger partial charge in [-0.25, -0.2) is 0 Å². The number of aryl methyl sites for hydroxylation is 2. The number of nitrogens with one attached hydrogen (secondary N) is 1. The van der Waals surface area contributed by atoms with Crippen molar-refractivity contribution in [3.8, 4) is 28.4 Å². The lowest BCUT2D eigenvalue weighted by atomic mass is 9.88. The summed E-state index contributed by atoms with van der Waals surface area (Å²) >= 11 is 0. The Labute approximate surface area is 168 Å². The average Bonchev–Trinajstić information content (AvgIpc) is 2.77. The lowest BCUT2D eigenvalue weighted by Crippen LogP contribution is -2.35. The summed E-state index contributed by atoms with van der Waals surface area (Å²) in [5.74, 6) is 1.38. The van der Waals surface area contributed by atoms with Crippen LogP contribution in [0.2, 0.25) is 0 Å². The minimum Gasteiger partial charge on any atom is -0.493 e. The van der Waals surface area contributed by atoms with E-state index in [1.807, 2.05) is 12.1 Å². The van der Waals surface area contributed by atoms with Gasteiger partial charge in [0.2, 0.25) is 11.2 Å². The first-order valence-electron chi connectivity index (χ1n) is 9.60. The summed E-state index contributed by atoms with van der Waals surface area (Å²) < 4.78 is 16.1. The zero-order valence-corrected chi connectivity index (χ0v) is 16.8. The number of benzene rings is 2. The van der Waals surface area contributed by atoms with Gasteiger partial charge in [0, 0.05) is 17.8 Å². The molecule has 1 N–H and O–H groups in total.